The number of fused-ring (bicyclic) bond motifs is 1. The smallest absolute Gasteiger partial charge is 0.326 e. The standard InChI is InChI=1S/C30H26N2O6S/c1-38-30(35)28-20-31(29(34)23-13-11-22(12-14-23)21-7-3-2-4-8-21)27-10-6-5-9-24(27)19-32(28)39(36,37)26-17-15-25(33)16-18-26/h2-18,28,33H,19-20H2,1H3. The number of sulfonamides is 1. The Kier molecular flexibility index (Phi) is 7.19. The Balaban J connectivity index is 1.55. The van der Waals surface area contributed by atoms with Gasteiger partial charge in [0.25, 0.3) is 5.91 Å². The summed E-state index contributed by atoms with van der Waals surface area (Å²) in [4.78, 5) is 28.2. The number of phenolic OH excluding ortho intramolecular Hbond substituents is 1. The van der Waals surface area contributed by atoms with Crippen molar-refractivity contribution >= 4 is 27.6 Å². The van der Waals surface area contributed by atoms with Crippen molar-refractivity contribution in [3.05, 3.63) is 114 Å². The second-order valence-electron chi connectivity index (χ2n) is 9.07. The predicted octanol–water partition coefficient (Wildman–Crippen LogP) is 4.45. The number of carbonyl (C=O) groups excluding carboxylic acids is 2. The minimum Gasteiger partial charge on any atom is -0.508 e. The van der Waals surface area contributed by atoms with Crippen molar-refractivity contribution in [2.24, 2.45) is 0 Å². The molecule has 1 N–H and O–H groups in total. The summed E-state index contributed by atoms with van der Waals surface area (Å²) >= 11 is 0. The van der Waals surface area contributed by atoms with Gasteiger partial charge in [-0.15, -0.1) is 0 Å². The summed E-state index contributed by atoms with van der Waals surface area (Å²) < 4.78 is 33.5. The van der Waals surface area contributed by atoms with E-state index in [1.54, 1.807) is 36.4 Å². The zero-order valence-corrected chi connectivity index (χ0v) is 21.9. The molecule has 8 nitrogen and oxygen atoms in total. The zero-order valence-electron chi connectivity index (χ0n) is 21.1. The highest BCUT2D eigenvalue weighted by atomic mass is 32.2. The molecule has 39 heavy (non-hydrogen) atoms. The lowest BCUT2D eigenvalue weighted by atomic mass is 10.0. The summed E-state index contributed by atoms with van der Waals surface area (Å²) in [6.45, 7) is -0.407. The van der Waals surface area contributed by atoms with Gasteiger partial charge in [0.05, 0.1) is 18.6 Å². The third kappa shape index (κ3) is 5.14. The van der Waals surface area contributed by atoms with E-state index in [1.807, 2.05) is 42.5 Å². The summed E-state index contributed by atoms with van der Waals surface area (Å²) in [6, 6.07) is 27.6. The fraction of sp³-hybridized carbons (Fsp3) is 0.133. The minimum atomic E-state index is -4.22. The van der Waals surface area contributed by atoms with Gasteiger partial charge >= 0.3 is 5.97 Å². The van der Waals surface area contributed by atoms with Crippen LogP contribution in [0.15, 0.2) is 108 Å². The molecule has 9 heteroatoms. The van der Waals surface area contributed by atoms with Crippen molar-refractivity contribution in [3.8, 4) is 16.9 Å². The van der Waals surface area contributed by atoms with E-state index in [2.05, 4.69) is 0 Å². The first kappa shape index (κ1) is 26.1. The van der Waals surface area contributed by atoms with Gasteiger partial charge in [0.1, 0.15) is 11.8 Å². The van der Waals surface area contributed by atoms with E-state index in [0.29, 0.717) is 16.8 Å². The summed E-state index contributed by atoms with van der Waals surface area (Å²) in [6.07, 6.45) is 0. The fourth-order valence-corrected chi connectivity index (χ4v) is 6.21. The van der Waals surface area contributed by atoms with Crippen LogP contribution in [0.5, 0.6) is 5.75 Å². The van der Waals surface area contributed by atoms with Crippen molar-refractivity contribution in [1.82, 2.24) is 4.31 Å². The van der Waals surface area contributed by atoms with Gasteiger partial charge in [0.15, 0.2) is 0 Å². The van der Waals surface area contributed by atoms with Crippen LogP contribution < -0.4 is 4.90 Å². The van der Waals surface area contributed by atoms with E-state index in [9.17, 15) is 23.1 Å². The molecule has 1 amide bonds. The molecule has 1 unspecified atom stereocenters. The fourth-order valence-electron chi connectivity index (χ4n) is 4.67. The van der Waals surface area contributed by atoms with Crippen LogP contribution in [0.2, 0.25) is 0 Å². The van der Waals surface area contributed by atoms with Crippen LogP contribution in [0.25, 0.3) is 11.1 Å². The topological polar surface area (TPSA) is 104 Å². The number of aromatic hydroxyl groups is 1. The third-order valence-electron chi connectivity index (χ3n) is 6.71. The average molecular weight is 543 g/mol. The maximum Gasteiger partial charge on any atom is 0.326 e. The molecule has 4 aromatic carbocycles. The first-order chi connectivity index (χ1) is 18.8. The van der Waals surface area contributed by atoms with E-state index in [-0.39, 0.29) is 29.6 Å². The molecule has 1 heterocycles. The maximum atomic E-state index is 13.9. The monoisotopic (exact) mass is 542 g/mol. The summed E-state index contributed by atoms with van der Waals surface area (Å²) in [7, 11) is -3.03. The van der Waals surface area contributed by atoms with Gasteiger partial charge in [0, 0.05) is 17.8 Å². The van der Waals surface area contributed by atoms with E-state index >= 15 is 0 Å². The Bertz CT molecular complexity index is 1600. The number of benzene rings is 4. The Morgan fingerprint density at radius 2 is 1.44 bits per heavy atom. The number of nitrogens with zero attached hydrogens (tertiary/aromatic N) is 2. The molecule has 0 saturated carbocycles. The van der Waals surface area contributed by atoms with Crippen molar-refractivity contribution in [3.63, 3.8) is 0 Å². The number of amides is 1. The molecule has 0 spiro atoms. The van der Waals surface area contributed by atoms with Crippen LogP contribution in [0.4, 0.5) is 5.69 Å². The number of rotatable bonds is 5. The average Bonchev–Trinajstić information content (AvgIpc) is 3.15. The van der Waals surface area contributed by atoms with Crippen LogP contribution in [-0.4, -0.2) is 49.4 Å². The molecule has 0 saturated heterocycles. The SMILES string of the molecule is COC(=O)C1CN(C(=O)c2ccc(-c3ccccc3)cc2)c2ccccc2CN1S(=O)(=O)c1ccc(O)cc1. The van der Waals surface area contributed by atoms with Crippen LogP contribution in [0, 0.1) is 0 Å². The molecule has 0 bridgehead atoms. The Hall–Kier alpha value is -4.47. The van der Waals surface area contributed by atoms with E-state index in [1.165, 1.54) is 36.3 Å². The van der Waals surface area contributed by atoms with E-state index in [0.717, 1.165) is 15.4 Å². The largest absolute Gasteiger partial charge is 0.508 e. The van der Waals surface area contributed by atoms with Gasteiger partial charge in [-0.3, -0.25) is 9.59 Å². The number of anilines is 1. The Labute approximate surface area is 226 Å². The first-order valence-electron chi connectivity index (χ1n) is 12.2. The van der Waals surface area contributed by atoms with Crippen molar-refractivity contribution in [2.45, 2.75) is 17.5 Å². The highest BCUT2D eigenvalue weighted by Crippen LogP contribution is 2.33. The second kappa shape index (κ2) is 10.7. The number of para-hydroxylation sites is 1. The number of esters is 1. The van der Waals surface area contributed by atoms with E-state index in [4.69, 9.17) is 4.74 Å². The van der Waals surface area contributed by atoms with Gasteiger partial charge in [-0.25, -0.2) is 8.42 Å². The molecule has 0 radical (unpaired) electrons. The Morgan fingerprint density at radius 1 is 0.821 bits per heavy atom. The lowest BCUT2D eigenvalue weighted by molar-refractivity contribution is -0.144. The zero-order chi connectivity index (χ0) is 27.6. The highest BCUT2D eigenvalue weighted by Gasteiger charge is 2.42. The summed E-state index contributed by atoms with van der Waals surface area (Å²) in [5.41, 5.74) is 3.41. The predicted molar refractivity (Wildman–Crippen MR) is 147 cm³/mol. The molecule has 0 aromatic heterocycles. The molecular formula is C30H26N2O6S. The third-order valence-corrected chi connectivity index (χ3v) is 8.58. The van der Waals surface area contributed by atoms with Crippen LogP contribution in [0.3, 0.4) is 0 Å². The quantitative estimate of drug-likeness (QED) is 0.374. The van der Waals surface area contributed by atoms with Crippen LogP contribution in [0.1, 0.15) is 15.9 Å². The van der Waals surface area contributed by atoms with Crippen LogP contribution in [-0.2, 0) is 26.1 Å². The minimum absolute atomic E-state index is 0.0882. The van der Waals surface area contributed by atoms with Gasteiger partial charge in [0.2, 0.25) is 10.0 Å². The van der Waals surface area contributed by atoms with Gasteiger partial charge in [-0.1, -0.05) is 60.7 Å². The molecule has 1 aliphatic heterocycles. The van der Waals surface area contributed by atoms with Crippen molar-refractivity contribution in [1.29, 1.82) is 0 Å². The van der Waals surface area contributed by atoms with Crippen molar-refractivity contribution in [2.75, 3.05) is 18.6 Å². The molecule has 4 aromatic rings. The first-order valence-corrected chi connectivity index (χ1v) is 13.7. The molecular weight excluding hydrogens is 516 g/mol. The number of phenols is 1. The molecule has 1 aliphatic rings. The van der Waals surface area contributed by atoms with E-state index < -0.39 is 22.0 Å². The highest BCUT2D eigenvalue weighted by molar-refractivity contribution is 7.89. The number of methoxy groups -OCH3 is 1. The lowest BCUT2D eigenvalue weighted by Crippen LogP contribution is -2.50. The Morgan fingerprint density at radius 3 is 2.10 bits per heavy atom. The number of hydrogen-bond donors (Lipinski definition) is 1. The molecule has 1 atom stereocenters. The summed E-state index contributed by atoms with van der Waals surface area (Å²) in [5, 5.41) is 9.65. The second-order valence-corrected chi connectivity index (χ2v) is 11.0. The molecule has 198 valence electrons. The van der Waals surface area contributed by atoms with Gasteiger partial charge in [-0.2, -0.15) is 4.31 Å². The normalized spacial score (nSPS) is 15.7. The van der Waals surface area contributed by atoms with Crippen LogP contribution >= 0.6 is 0 Å². The summed E-state index contributed by atoms with van der Waals surface area (Å²) in [5.74, 6) is -1.25. The maximum absolute atomic E-state index is 13.9. The van der Waals surface area contributed by atoms with Gasteiger partial charge in [-0.05, 0) is 59.2 Å². The molecule has 0 aliphatic carbocycles. The van der Waals surface area contributed by atoms with Gasteiger partial charge < -0.3 is 14.7 Å². The molecule has 0 fully saturated rings. The number of ether oxygens (including phenoxy) is 1. The lowest BCUT2D eigenvalue weighted by Gasteiger charge is -2.29. The van der Waals surface area contributed by atoms with Crippen molar-refractivity contribution < 1.29 is 27.9 Å². The number of carbonyl (C=O) groups is 2. The molecule has 5 rings (SSSR count). The number of hydrogen-bond acceptors (Lipinski definition) is 6.